The molecule has 7 heteroatoms. The largest absolute Gasteiger partial charge is 0.322 e. The Kier molecular flexibility index (Phi) is 4.83. The molecule has 0 aliphatic heterocycles. The van der Waals surface area contributed by atoms with Gasteiger partial charge < -0.3 is 4.40 Å². The molecule has 0 radical (unpaired) electrons. The highest BCUT2D eigenvalue weighted by molar-refractivity contribution is 7.99. The van der Waals surface area contributed by atoms with E-state index in [0.29, 0.717) is 5.56 Å². The fourth-order valence-corrected chi connectivity index (χ4v) is 5.12. The molecule has 0 aliphatic carbocycles. The number of nitriles is 1. The second-order valence-corrected chi connectivity index (χ2v) is 9.30. The Morgan fingerprint density at radius 3 is 2.68 bits per heavy atom. The third kappa shape index (κ3) is 3.40. The topological polar surface area (TPSA) is 62.3 Å². The summed E-state index contributed by atoms with van der Waals surface area (Å²) in [6.07, 6.45) is 3.85. The number of halogens is 1. The van der Waals surface area contributed by atoms with Crippen LogP contribution in [0.25, 0.3) is 5.52 Å². The predicted octanol–water partition coefficient (Wildman–Crippen LogP) is 4.72. The minimum absolute atomic E-state index is 0.0133. The van der Waals surface area contributed by atoms with Gasteiger partial charge >= 0.3 is 0 Å². The SMILES string of the molecule is CCS(=O)(=O)c1ccc(Sc2c(C)cn3ccc(C#N)cc23)cc1Cl. The van der Waals surface area contributed by atoms with Crippen LogP contribution in [0.15, 0.2) is 57.4 Å². The molecular formula is C18H15ClN2O2S2. The maximum absolute atomic E-state index is 12.0. The number of hydrogen-bond acceptors (Lipinski definition) is 4. The highest BCUT2D eigenvalue weighted by atomic mass is 35.5. The van der Waals surface area contributed by atoms with Gasteiger partial charge in [-0.2, -0.15) is 5.26 Å². The molecule has 3 rings (SSSR count). The first-order valence-electron chi connectivity index (χ1n) is 7.57. The first-order valence-corrected chi connectivity index (χ1v) is 10.4. The van der Waals surface area contributed by atoms with Gasteiger partial charge in [-0.3, -0.25) is 0 Å². The number of aryl methyl sites for hydroxylation is 1. The van der Waals surface area contributed by atoms with E-state index in [1.54, 1.807) is 31.2 Å². The summed E-state index contributed by atoms with van der Waals surface area (Å²) in [5.41, 5.74) is 2.60. The van der Waals surface area contributed by atoms with Crippen LogP contribution in [0.3, 0.4) is 0 Å². The Hall–Kier alpha value is -1.94. The van der Waals surface area contributed by atoms with Crippen molar-refractivity contribution in [1.29, 1.82) is 5.26 Å². The van der Waals surface area contributed by atoms with E-state index >= 15 is 0 Å². The van der Waals surface area contributed by atoms with Crippen molar-refractivity contribution in [3.05, 3.63) is 58.9 Å². The zero-order valence-electron chi connectivity index (χ0n) is 13.7. The van der Waals surface area contributed by atoms with Gasteiger partial charge in [-0.15, -0.1) is 0 Å². The van der Waals surface area contributed by atoms with Gasteiger partial charge in [0.25, 0.3) is 0 Å². The molecule has 2 aromatic heterocycles. The van der Waals surface area contributed by atoms with Crippen LogP contribution in [0.4, 0.5) is 0 Å². The summed E-state index contributed by atoms with van der Waals surface area (Å²) in [4.78, 5) is 2.02. The molecule has 0 unspecified atom stereocenters. The second-order valence-electron chi connectivity index (χ2n) is 5.56. The number of pyridine rings is 1. The maximum Gasteiger partial charge on any atom is 0.179 e. The molecule has 0 aliphatic rings. The standard InChI is InChI=1S/C18H15ClN2O2S2/c1-3-25(22,23)17-5-4-14(9-15(17)19)24-18-12(2)11-21-7-6-13(10-20)8-16(18)21/h4-9,11H,3H2,1-2H3. The molecule has 128 valence electrons. The van der Waals surface area contributed by atoms with E-state index in [9.17, 15) is 8.42 Å². The third-order valence-electron chi connectivity index (χ3n) is 3.88. The minimum Gasteiger partial charge on any atom is -0.322 e. The number of benzene rings is 1. The fraction of sp³-hybridized carbons (Fsp3) is 0.167. The van der Waals surface area contributed by atoms with E-state index in [1.807, 2.05) is 29.8 Å². The smallest absolute Gasteiger partial charge is 0.179 e. The average molecular weight is 391 g/mol. The van der Waals surface area contributed by atoms with Gasteiger partial charge in [-0.25, -0.2) is 8.42 Å². The first-order chi connectivity index (χ1) is 11.9. The van der Waals surface area contributed by atoms with Crippen LogP contribution in [0.2, 0.25) is 5.02 Å². The molecule has 1 aromatic carbocycles. The monoisotopic (exact) mass is 390 g/mol. The van der Waals surface area contributed by atoms with Gasteiger partial charge in [-0.05, 0) is 42.8 Å². The lowest BCUT2D eigenvalue weighted by Gasteiger charge is -2.07. The Balaban J connectivity index is 2.04. The lowest BCUT2D eigenvalue weighted by molar-refractivity contribution is 0.597. The summed E-state index contributed by atoms with van der Waals surface area (Å²) < 4.78 is 26.0. The molecule has 0 atom stereocenters. The Labute approximate surface area is 156 Å². The summed E-state index contributed by atoms with van der Waals surface area (Å²) in [6, 6.07) is 10.7. The van der Waals surface area contributed by atoms with Crippen molar-refractivity contribution < 1.29 is 8.42 Å². The van der Waals surface area contributed by atoms with Crippen LogP contribution < -0.4 is 0 Å². The van der Waals surface area contributed by atoms with Crippen molar-refractivity contribution in [2.75, 3.05) is 5.75 Å². The van der Waals surface area contributed by atoms with E-state index in [0.717, 1.165) is 20.9 Å². The van der Waals surface area contributed by atoms with Crippen molar-refractivity contribution in [3.8, 4) is 6.07 Å². The molecule has 0 fully saturated rings. The molecular weight excluding hydrogens is 376 g/mol. The summed E-state index contributed by atoms with van der Waals surface area (Å²) in [5.74, 6) is 0.0133. The number of aromatic nitrogens is 1. The Bertz CT molecular complexity index is 1110. The van der Waals surface area contributed by atoms with Crippen molar-refractivity contribution in [1.82, 2.24) is 4.40 Å². The lowest BCUT2D eigenvalue weighted by atomic mass is 10.2. The van der Waals surface area contributed by atoms with Gasteiger partial charge in [0.15, 0.2) is 9.84 Å². The van der Waals surface area contributed by atoms with E-state index in [1.165, 1.54) is 11.8 Å². The van der Waals surface area contributed by atoms with Crippen LogP contribution in [-0.2, 0) is 9.84 Å². The van der Waals surface area contributed by atoms with E-state index in [4.69, 9.17) is 16.9 Å². The molecule has 0 saturated carbocycles. The molecule has 2 heterocycles. The van der Waals surface area contributed by atoms with E-state index < -0.39 is 9.84 Å². The van der Waals surface area contributed by atoms with Crippen LogP contribution in [0, 0.1) is 18.3 Å². The van der Waals surface area contributed by atoms with Gasteiger partial charge in [0.05, 0.1) is 32.8 Å². The maximum atomic E-state index is 12.0. The van der Waals surface area contributed by atoms with Crippen LogP contribution in [-0.4, -0.2) is 18.6 Å². The van der Waals surface area contributed by atoms with Crippen LogP contribution in [0.1, 0.15) is 18.1 Å². The number of fused-ring (bicyclic) bond motifs is 1. The Morgan fingerprint density at radius 1 is 1.28 bits per heavy atom. The van der Waals surface area contributed by atoms with Crippen LogP contribution in [0.5, 0.6) is 0 Å². The van der Waals surface area contributed by atoms with Crippen LogP contribution >= 0.6 is 23.4 Å². The van der Waals surface area contributed by atoms with E-state index in [-0.39, 0.29) is 15.7 Å². The zero-order chi connectivity index (χ0) is 18.2. The third-order valence-corrected chi connectivity index (χ3v) is 7.31. The molecule has 4 nitrogen and oxygen atoms in total. The summed E-state index contributed by atoms with van der Waals surface area (Å²) in [5, 5.41) is 9.34. The summed E-state index contributed by atoms with van der Waals surface area (Å²) in [6.45, 7) is 3.59. The normalized spacial score (nSPS) is 11.6. The predicted molar refractivity (Wildman–Crippen MR) is 100 cm³/mol. The quantitative estimate of drug-likeness (QED) is 0.646. The molecule has 25 heavy (non-hydrogen) atoms. The Morgan fingerprint density at radius 2 is 2.04 bits per heavy atom. The van der Waals surface area contributed by atoms with Crippen molar-refractivity contribution >= 4 is 38.7 Å². The molecule has 0 saturated heterocycles. The molecule has 0 bridgehead atoms. The number of nitrogens with zero attached hydrogens (tertiary/aromatic N) is 2. The zero-order valence-corrected chi connectivity index (χ0v) is 16.0. The molecule has 0 amide bonds. The second kappa shape index (κ2) is 6.75. The number of hydrogen-bond donors (Lipinski definition) is 0. The number of sulfone groups is 1. The van der Waals surface area contributed by atoms with Gasteiger partial charge in [0.2, 0.25) is 0 Å². The molecule has 0 N–H and O–H groups in total. The van der Waals surface area contributed by atoms with E-state index in [2.05, 4.69) is 6.07 Å². The van der Waals surface area contributed by atoms with Crippen molar-refractivity contribution in [2.24, 2.45) is 0 Å². The van der Waals surface area contributed by atoms with Gasteiger partial charge in [0, 0.05) is 22.2 Å². The van der Waals surface area contributed by atoms with Gasteiger partial charge in [0.1, 0.15) is 0 Å². The molecule has 3 aromatic rings. The minimum atomic E-state index is -3.34. The van der Waals surface area contributed by atoms with Crippen molar-refractivity contribution in [3.63, 3.8) is 0 Å². The lowest BCUT2D eigenvalue weighted by Crippen LogP contribution is -2.04. The average Bonchev–Trinajstić information content (AvgIpc) is 2.89. The number of rotatable bonds is 4. The highest BCUT2D eigenvalue weighted by Gasteiger charge is 2.17. The highest BCUT2D eigenvalue weighted by Crippen LogP contribution is 2.37. The summed E-state index contributed by atoms with van der Waals surface area (Å²) >= 11 is 7.70. The fourth-order valence-electron chi connectivity index (χ4n) is 2.55. The molecule has 0 spiro atoms. The summed E-state index contributed by atoms with van der Waals surface area (Å²) in [7, 11) is -3.34. The van der Waals surface area contributed by atoms with Gasteiger partial charge in [-0.1, -0.05) is 30.3 Å². The van der Waals surface area contributed by atoms with Crippen molar-refractivity contribution in [2.45, 2.75) is 28.5 Å². The first kappa shape index (κ1) is 17.9.